The van der Waals surface area contributed by atoms with Crippen LogP contribution in [0.15, 0.2) is 34.9 Å². The minimum atomic E-state index is -0.566. The van der Waals surface area contributed by atoms with Crippen molar-refractivity contribution in [1.82, 2.24) is 15.0 Å². The predicted molar refractivity (Wildman–Crippen MR) is 98.3 cm³/mol. The molecule has 0 unspecified atom stereocenters. The number of carbonyl (C=O) groups is 1. The average Bonchev–Trinajstić information content (AvgIpc) is 3.21. The second-order valence-corrected chi connectivity index (χ2v) is 7.06. The third kappa shape index (κ3) is 4.19. The number of nitrogens with zero attached hydrogens (tertiary/aromatic N) is 3. The predicted octanol–water partition coefficient (Wildman–Crippen LogP) is 3.24. The highest BCUT2D eigenvalue weighted by Crippen LogP contribution is 2.31. The summed E-state index contributed by atoms with van der Waals surface area (Å²) in [6, 6.07) is 7.98. The van der Waals surface area contributed by atoms with Gasteiger partial charge >= 0.3 is 0 Å². The first-order valence-electron chi connectivity index (χ1n) is 8.98. The van der Waals surface area contributed by atoms with E-state index in [1.54, 1.807) is 11.8 Å². The Labute approximate surface area is 153 Å². The van der Waals surface area contributed by atoms with E-state index < -0.39 is 6.10 Å². The maximum absolute atomic E-state index is 12.6. The van der Waals surface area contributed by atoms with Gasteiger partial charge in [0.1, 0.15) is 6.04 Å². The maximum Gasteiger partial charge on any atom is 0.249 e. The molecule has 2 aromatic rings. The highest BCUT2D eigenvalue weighted by atomic mass is 16.5. The summed E-state index contributed by atoms with van der Waals surface area (Å²) in [6.07, 6.45) is 3.92. The summed E-state index contributed by atoms with van der Waals surface area (Å²) in [7, 11) is 0. The standard InChI is InChI=1S/C20H25N3O3/c1-13(2)16-9-7-15(8-10-16)5-4-6-19(25)23-12-17(24)11-18(23)20-21-14(3)22-26-20/h4-5,7-10,13,17-18,24H,6,11-12H2,1-3H3/b5-4+/t17-,18-/m1/s1. The highest BCUT2D eigenvalue weighted by molar-refractivity contribution is 5.79. The molecule has 1 saturated heterocycles. The van der Waals surface area contributed by atoms with Gasteiger partial charge in [0.2, 0.25) is 11.8 Å². The second kappa shape index (κ2) is 7.83. The van der Waals surface area contributed by atoms with Crippen molar-refractivity contribution in [2.75, 3.05) is 6.54 Å². The largest absolute Gasteiger partial charge is 0.391 e. The van der Waals surface area contributed by atoms with E-state index in [4.69, 9.17) is 4.52 Å². The fourth-order valence-corrected chi connectivity index (χ4v) is 3.18. The Morgan fingerprint density at radius 1 is 1.38 bits per heavy atom. The van der Waals surface area contributed by atoms with E-state index in [2.05, 4.69) is 48.3 Å². The van der Waals surface area contributed by atoms with Gasteiger partial charge in [-0.15, -0.1) is 0 Å². The van der Waals surface area contributed by atoms with Gasteiger partial charge in [-0.1, -0.05) is 55.4 Å². The van der Waals surface area contributed by atoms with Crippen LogP contribution in [0.4, 0.5) is 0 Å². The molecule has 0 aliphatic carbocycles. The van der Waals surface area contributed by atoms with Crippen molar-refractivity contribution < 1.29 is 14.4 Å². The molecule has 3 rings (SSSR count). The topological polar surface area (TPSA) is 79.5 Å². The van der Waals surface area contributed by atoms with Gasteiger partial charge in [0.05, 0.1) is 6.10 Å². The molecule has 2 heterocycles. The minimum absolute atomic E-state index is 0.0579. The number of benzene rings is 1. The number of β-amino-alcohol motifs (C(OH)–C–C–N with tert-alkyl or cyclic N) is 1. The minimum Gasteiger partial charge on any atom is -0.391 e. The monoisotopic (exact) mass is 355 g/mol. The fraction of sp³-hybridized carbons (Fsp3) is 0.450. The molecular formula is C20H25N3O3. The van der Waals surface area contributed by atoms with Gasteiger partial charge in [-0.2, -0.15) is 4.98 Å². The number of hydrogen-bond donors (Lipinski definition) is 1. The second-order valence-electron chi connectivity index (χ2n) is 7.06. The number of rotatable bonds is 5. The number of hydrogen-bond acceptors (Lipinski definition) is 5. The number of likely N-dealkylation sites (tertiary alicyclic amines) is 1. The molecule has 1 aromatic carbocycles. The van der Waals surface area contributed by atoms with Crippen molar-refractivity contribution in [3.63, 3.8) is 0 Å². The summed E-state index contributed by atoms with van der Waals surface area (Å²) in [5.41, 5.74) is 2.36. The van der Waals surface area contributed by atoms with Gasteiger partial charge in [0.15, 0.2) is 5.82 Å². The molecule has 1 fully saturated rings. The summed E-state index contributed by atoms with van der Waals surface area (Å²) in [4.78, 5) is 18.4. The van der Waals surface area contributed by atoms with E-state index >= 15 is 0 Å². The fourth-order valence-electron chi connectivity index (χ4n) is 3.18. The summed E-state index contributed by atoms with van der Waals surface area (Å²) in [5.74, 6) is 1.36. The molecule has 1 aromatic heterocycles. The van der Waals surface area contributed by atoms with E-state index in [-0.39, 0.29) is 18.4 Å². The smallest absolute Gasteiger partial charge is 0.249 e. The van der Waals surface area contributed by atoms with Crippen molar-refractivity contribution in [3.05, 3.63) is 53.2 Å². The summed E-state index contributed by atoms with van der Waals surface area (Å²) in [5, 5.41) is 13.7. The van der Waals surface area contributed by atoms with Gasteiger partial charge in [-0.05, 0) is 24.0 Å². The summed E-state index contributed by atoms with van der Waals surface area (Å²) < 4.78 is 5.20. The number of amides is 1. The van der Waals surface area contributed by atoms with Crippen molar-refractivity contribution in [2.24, 2.45) is 0 Å². The number of aryl methyl sites for hydroxylation is 1. The van der Waals surface area contributed by atoms with Crippen molar-refractivity contribution in [2.45, 2.75) is 51.7 Å². The van der Waals surface area contributed by atoms with Gasteiger partial charge in [-0.25, -0.2) is 0 Å². The van der Waals surface area contributed by atoms with Crippen LogP contribution in [0.25, 0.3) is 6.08 Å². The molecule has 1 N–H and O–H groups in total. The zero-order valence-corrected chi connectivity index (χ0v) is 15.4. The lowest BCUT2D eigenvalue weighted by molar-refractivity contribution is -0.131. The van der Waals surface area contributed by atoms with Crippen molar-refractivity contribution in [3.8, 4) is 0 Å². The van der Waals surface area contributed by atoms with Crippen LogP contribution in [0.3, 0.4) is 0 Å². The number of aliphatic hydroxyl groups is 1. The van der Waals surface area contributed by atoms with Crippen molar-refractivity contribution >= 4 is 12.0 Å². The van der Waals surface area contributed by atoms with Crippen LogP contribution < -0.4 is 0 Å². The summed E-state index contributed by atoms with van der Waals surface area (Å²) in [6.45, 7) is 6.35. The Morgan fingerprint density at radius 3 is 2.73 bits per heavy atom. The molecule has 0 bridgehead atoms. The third-order valence-corrected chi connectivity index (χ3v) is 4.63. The third-order valence-electron chi connectivity index (χ3n) is 4.63. The normalized spacial score (nSPS) is 20.4. The Bertz CT molecular complexity index is 780. The lowest BCUT2D eigenvalue weighted by Gasteiger charge is -2.20. The maximum atomic E-state index is 12.6. The van der Waals surface area contributed by atoms with E-state index in [0.29, 0.717) is 30.6 Å². The SMILES string of the molecule is Cc1noc([C@H]2C[C@@H](O)CN2C(=O)C/C=C/c2ccc(C(C)C)cc2)n1. The molecule has 1 aliphatic rings. The first kappa shape index (κ1) is 18.3. The molecule has 138 valence electrons. The highest BCUT2D eigenvalue weighted by Gasteiger charge is 2.38. The van der Waals surface area contributed by atoms with Crippen LogP contribution in [-0.4, -0.2) is 38.7 Å². The zero-order valence-electron chi connectivity index (χ0n) is 15.4. The lowest BCUT2D eigenvalue weighted by Crippen LogP contribution is -2.31. The zero-order chi connectivity index (χ0) is 18.7. The van der Waals surface area contributed by atoms with Crippen LogP contribution in [0.1, 0.15) is 61.5 Å². The van der Waals surface area contributed by atoms with E-state index in [9.17, 15) is 9.90 Å². The Balaban J connectivity index is 1.63. The molecule has 26 heavy (non-hydrogen) atoms. The van der Waals surface area contributed by atoms with Crippen molar-refractivity contribution in [1.29, 1.82) is 0 Å². The number of aromatic nitrogens is 2. The molecule has 6 nitrogen and oxygen atoms in total. The lowest BCUT2D eigenvalue weighted by atomic mass is 10.0. The van der Waals surface area contributed by atoms with E-state index in [1.807, 2.05) is 12.2 Å². The van der Waals surface area contributed by atoms with Crippen LogP contribution in [-0.2, 0) is 4.79 Å². The van der Waals surface area contributed by atoms with Crippen LogP contribution >= 0.6 is 0 Å². The van der Waals surface area contributed by atoms with Gasteiger partial charge in [0.25, 0.3) is 0 Å². The number of aliphatic hydroxyl groups excluding tert-OH is 1. The van der Waals surface area contributed by atoms with Gasteiger partial charge in [-0.3, -0.25) is 4.79 Å². The first-order chi connectivity index (χ1) is 12.4. The van der Waals surface area contributed by atoms with Gasteiger partial charge < -0.3 is 14.5 Å². The van der Waals surface area contributed by atoms with Crippen LogP contribution in [0.5, 0.6) is 0 Å². The summed E-state index contributed by atoms with van der Waals surface area (Å²) >= 11 is 0. The van der Waals surface area contributed by atoms with E-state index in [0.717, 1.165) is 5.56 Å². The van der Waals surface area contributed by atoms with E-state index in [1.165, 1.54) is 5.56 Å². The Kier molecular flexibility index (Phi) is 5.52. The molecular weight excluding hydrogens is 330 g/mol. The molecule has 0 radical (unpaired) electrons. The van der Waals surface area contributed by atoms with Gasteiger partial charge in [0, 0.05) is 19.4 Å². The molecule has 1 amide bonds. The number of carbonyl (C=O) groups excluding carboxylic acids is 1. The Hall–Kier alpha value is -2.47. The molecule has 6 heteroatoms. The molecule has 0 saturated carbocycles. The quantitative estimate of drug-likeness (QED) is 0.891. The van der Waals surface area contributed by atoms with Crippen LogP contribution in [0.2, 0.25) is 0 Å². The molecule has 1 aliphatic heterocycles. The average molecular weight is 355 g/mol. The first-order valence-corrected chi connectivity index (χ1v) is 8.98. The molecule has 0 spiro atoms. The molecule has 2 atom stereocenters. The Morgan fingerprint density at radius 2 is 2.12 bits per heavy atom. The van der Waals surface area contributed by atoms with Crippen LogP contribution in [0, 0.1) is 6.92 Å².